The maximum Gasteiger partial charge on any atom is 0.234 e. The largest absolute Gasteiger partial charge is 0.325 e. The van der Waals surface area contributed by atoms with Gasteiger partial charge in [0.1, 0.15) is 11.4 Å². The average Bonchev–Trinajstić information content (AvgIpc) is 3.14. The molecule has 8 heteroatoms. The molecule has 0 saturated heterocycles. The highest BCUT2D eigenvalue weighted by molar-refractivity contribution is 8.00. The molecule has 1 N–H and O–H groups in total. The zero-order valence-electron chi connectivity index (χ0n) is 15.0. The van der Waals surface area contributed by atoms with Crippen molar-refractivity contribution in [1.82, 2.24) is 19.7 Å². The van der Waals surface area contributed by atoms with E-state index in [-0.39, 0.29) is 11.7 Å². The first-order chi connectivity index (χ1) is 13.6. The van der Waals surface area contributed by atoms with E-state index in [1.807, 2.05) is 43.3 Å². The van der Waals surface area contributed by atoms with Crippen molar-refractivity contribution in [2.45, 2.75) is 11.9 Å². The normalized spacial score (nSPS) is 10.9. The van der Waals surface area contributed by atoms with Crippen LogP contribution in [0.5, 0.6) is 0 Å². The molecule has 1 amide bonds. The third-order valence-corrected chi connectivity index (χ3v) is 5.37. The number of amides is 1. The lowest BCUT2D eigenvalue weighted by Gasteiger charge is -2.08. The van der Waals surface area contributed by atoms with Crippen LogP contribution in [0, 0.1) is 6.92 Å². The fourth-order valence-electron chi connectivity index (χ4n) is 2.78. The first-order valence-corrected chi connectivity index (χ1v) is 9.91. The van der Waals surface area contributed by atoms with E-state index in [9.17, 15) is 4.79 Å². The summed E-state index contributed by atoms with van der Waals surface area (Å²) in [5.74, 6) is 0.114. The van der Waals surface area contributed by atoms with Crippen molar-refractivity contribution in [3.05, 3.63) is 71.6 Å². The monoisotopic (exact) mass is 409 g/mol. The van der Waals surface area contributed by atoms with E-state index in [1.54, 1.807) is 23.0 Å². The number of hydrogen-bond acceptors (Lipinski definition) is 5. The first-order valence-electron chi connectivity index (χ1n) is 8.55. The molecule has 0 atom stereocenters. The molecule has 4 aromatic rings. The molecule has 0 aliphatic rings. The quantitative estimate of drug-likeness (QED) is 0.388. The van der Waals surface area contributed by atoms with Gasteiger partial charge in [0, 0.05) is 10.7 Å². The van der Waals surface area contributed by atoms with Gasteiger partial charge in [-0.3, -0.25) is 4.79 Å². The number of carbonyl (C=O) groups is 1. The lowest BCUT2D eigenvalue weighted by atomic mass is 10.2. The molecule has 0 saturated carbocycles. The Kier molecular flexibility index (Phi) is 5.27. The van der Waals surface area contributed by atoms with Crippen molar-refractivity contribution in [3.8, 4) is 5.69 Å². The molecule has 4 rings (SSSR count). The molecule has 2 heterocycles. The van der Waals surface area contributed by atoms with Crippen molar-refractivity contribution in [1.29, 1.82) is 0 Å². The van der Waals surface area contributed by atoms with Crippen LogP contribution in [-0.4, -0.2) is 31.4 Å². The highest BCUT2D eigenvalue weighted by Gasteiger charge is 2.13. The predicted octanol–water partition coefficient (Wildman–Crippen LogP) is 4.51. The van der Waals surface area contributed by atoms with Crippen LogP contribution in [0.25, 0.3) is 16.7 Å². The summed E-state index contributed by atoms with van der Waals surface area (Å²) in [7, 11) is 0. The molecule has 2 aromatic carbocycles. The van der Waals surface area contributed by atoms with Gasteiger partial charge in [-0.1, -0.05) is 41.6 Å². The smallest absolute Gasteiger partial charge is 0.234 e. The average molecular weight is 410 g/mol. The van der Waals surface area contributed by atoms with Gasteiger partial charge >= 0.3 is 0 Å². The van der Waals surface area contributed by atoms with E-state index >= 15 is 0 Å². The molecule has 0 aliphatic carbocycles. The SMILES string of the molecule is Cc1cc(Cl)ccc1NC(=O)CSc1ncnc2c1cnn2-c1ccccc1. The molecule has 0 bridgehead atoms. The molecule has 2 aromatic heterocycles. The van der Waals surface area contributed by atoms with Crippen LogP contribution in [-0.2, 0) is 4.79 Å². The number of nitrogens with zero attached hydrogens (tertiary/aromatic N) is 4. The number of rotatable bonds is 5. The van der Waals surface area contributed by atoms with Crippen molar-refractivity contribution >= 4 is 46.0 Å². The van der Waals surface area contributed by atoms with Crippen LogP contribution in [0.2, 0.25) is 5.02 Å². The summed E-state index contributed by atoms with van der Waals surface area (Å²) in [5, 5.41) is 9.50. The third-order valence-electron chi connectivity index (χ3n) is 4.13. The van der Waals surface area contributed by atoms with Crippen LogP contribution in [0.4, 0.5) is 5.69 Å². The molecule has 140 valence electrons. The van der Waals surface area contributed by atoms with Gasteiger partial charge in [0.2, 0.25) is 5.91 Å². The second-order valence-electron chi connectivity index (χ2n) is 6.10. The lowest BCUT2D eigenvalue weighted by molar-refractivity contribution is -0.113. The van der Waals surface area contributed by atoms with Gasteiger partial charge in [0.05, 0.1) is 23.0 Å². The van der Waals surface area contributed by atoms with Crippen molar-refractivity contribution in [2.75, 3.05) is 11.1 Å². The van der Waals surface area contributed by atoms with Gasteiger partial charge in [0.15, 0.2) is 5.65 Å². The summed E-state index contributed by atoms with van der Waals surface area (Å²) in [6.45, 7) is 1.90. The molecule has 0 radical (unpaired) electrons. The van der Waals surface area contributed by atoms with E-state index in [2.05, 4.69) is 20.4 Å². The Hall–Kier alpha value is -2.90. The fourth-order valence-corrected chi connectivity index (χ4v) is 3.77. The fraction of sp³-hybridized carbons (Fsp3) is 0.100. The van der Waals surface area contributed by atoms with Crippen LogP contribution in [0.3, 0.4) is 0 Å². The van der Waals surface area contributed by atoms with Crippen molar-refractivity contribution < 1.29 is 4.79 Å². The zero-order valence-corrected chi connectivity index (χ0v) is 16.5. The molecule has 0 aliphatic heterocycles. The van der Waals surface area contributed by atoms with Gasteiger partial charge in [0.25, 0.3) is 0 Å². The summed E-state index contributed by atoms with van der Waals surface area (Å²) < 4.78 is 1.76. The Morgan fingerprint density at radius 3 is 2.79 bits per heavy atom. The highest BCUT2D eigenvalue weighted by atomic mass is 35.5. The second-order valence-corrected chi connectivity index (χ2v) is 7.50. The molecule has 6 nitrogen and oxygen atoms in total. The summed E-state index contributed by atoms with van der Waals surface area (Å²) >= 11 is 7.31. The Labute approximate surface area is 171 Å². The molecule has 0 fully saturated rings. The summed E-state index contributed by atoms with van der Waals surface area (Å²) in [4.78, 5) is 21.0. The van der Waals surface area contributed by atoms with Crippen LogP contribution >= 0.6 is 23.4 Å². The maximum atomic E-state index is 12.4. The van der Waals surface area contributed by atoms with Crippen molar-refractivity contribution in [2.24, 2.45) is 0 Å². The summed E-state index contributed by atoms with van der Waals surface area (Å²) in [6.07, 6.45) is 3.22. The zero-order chi connectivity index (χ0) is 19.5. The predicted molar refractivity (Wildman–Crippen MR) is 112 cm³/mol. The van der Waals surface area contributed by atoms with E-state index in [0.29, 0.717) is 10.7 Å². The molecular weight excluding hydrogens is 394 g/mol. The standard InChI is InChI=1S/C20H16ClN5OS/c1-13-9-14(21)7-8-17(13)25-18(27)11-28-20-16-10-24-26(19(16)22-12-23-20)15-5-3-2-4-6-15/h2-10,12H,11H2,1H3,(H,25,27). The first kappa shape index (κ1) is 18.5. The summed E-state index contributed by atoms with van der Waals surface area (Å²) in [6, 6.07) is 15.1. The van der Waals surface area contributed by atoms with E-state index in [4.69, 9.17) is 11.6 Å². The van der Waals surface area contributed by atoms with Gasteiger partial charge in [-0.2, -0.15) is 5.10 Å². The number of carbonyl (C=O) groups excluding carboxylic acids is 1. The van der Waals surface area contributed by atoms with E-state index in [0.717, 1.165) is 27.4 Å². The number of thioether (sulfide) groups is 1. The summed E-state index contributed by atoms with van der Waals surface area (Å²) in [5.41, 5.74) is 3.29. The Balaban J connectivity index is 1.51. The van der Waals surface area contributed by atoms with E-state index < -0.39 is 0 Å². The molecular formula is C20H16ClN5OS. The van der Waals surface area contributed by atoms with Crippen molar-refractivity contribution in [3.63, 3.8) is 0 Å². The second kappa shape index (κ2) is 8.00. The number of anilines is 1. The minimum Gasteiger partial charge on any atom is -0.325 e. The number of para-hydroxylation sites is 1. The van der Waals surface area contributed by atoms with Crippen LogP contribution in [0.15, 0.2) is 66.1 Å². The number of fused-ring (bicyclic) bond motifs is 1. The number of nitrogens with one attached hydrogen (secondary N) is 1. The minimum atomic E-state index is -0.113. The Bertz CT molecular complexity index is 1150. The number of hydrogen-bond donors (Lipinski definition) is 1. The number of benzene rings is 2. The number of aromatic nitrogens is 4. The van der Waals surface area contributed by atoms with Gasteiger partial charge in [-0.05, 0) is 42.8 Å². The number of halogens is 1. The van der Waals surface area contributed by atoms with Crippen LogP contribution < -0.4 is 5.32 Å². The number of aryl methyl sites for hydroxylation is 1. The highest BCUT2D eigenvalue weighted by Crippen LogP contribution is 2.26. The van der Waals surface area contributed by atoms with Crippen LogP contribution in [0.1, 0.15) is 5.56 Å². The maximum absolute atomic E-state index is 12.4. The van der Waals surface area contributed by atoms with Gasteiger partial charge in [-0.25, -0.2) is 14.6 Å². The minimum absolute atomic E-state index is 0.113. The molecule has 0 spiro atoms. The Morgan fingerprint density at radius 1 is 1.18 bits per heavy atom. The topological polar surface area (TPSA) is 72.7 Å². The molecule has 0 unspecified atom stereocenters. The lowest BCUT2D eigenvalue weighted by Crippen LogP contribution is -2.15. The third kappa shape index (κ3) is 3.85. The van der Waals surface area contributed by atoms with Gasteiger partial charge < -0.3 is 5.32 Å². The van der Waals surface area contributed by atoms with E-state index in [1.165, 1.54) is 18.1 Å². The van der Waals surface area contributed by atoms with Gasteiger partial charge in [-0.15, -0.1) is 0 Å². The Morgan fingerprint density at radius 2 is 2.00 bits per heavy atom. The molecule has 28 heavy (non-hydrogen) atoms.